The van der Waals surface area contributed by atoms with Crippen molar-refractivity contribution < 1.29 is 9.21 Å². The first-order chi connectivity index (χ1) is 10.6. The van der Waals surface area contributed by atoms with Crippen molar-refractivity contribution >= 4 is 12.1 Å². The van der Waals surface area contributed by atoms with Crippen molar-refractivity contribution in [3.8, 4) is 0 Å². The summed E-state index contributed by atoms with van der Waals surface area (Å²) in [6.07, 6.45) is 8.20. The van der Waals surface area contributed by atoms with Crippen LogP contribution in [-0.2, 0) is 0 Å². The fourth-order valence-electron chi connectivity index (χ4n) is 2.74. The molecule has 1 aliphatic heterocycles. The first kappa shape index (κ1) is 16.6. The van der Waals surface area contributed by atoms with E-state index >= 15 is 0 Å². The van der Waals surface area contributed by atoms with Gasteiger partial charge in [0.05, 0.1) is 6.26 Å². The zero-order valence-corrected chi connectivity index (χ0v) is 13.5. The van der Waals surface area contributed by atoms with Gasteiger partial charge in [0.25, 0.3) is 0 Å². The summed E-state index contributed by atoms with van der Waals surface area (Å²) < 4.78 is 5.28. The Morgan fingerprint density at radius 3 is 3.14 bits per heavy atom. The molecule has 0 bridgehead atoms. The predicted molar refractivity (Wildman–Crippen MR) is 88.6 cm³/mol. The lowest BCUT2D eigenvalue weighted by Gasteiger charge is -2.32. The number of hydrogen-bond acceptors (Lipinski definition) is 3. The molecule has 1 saturated heterocycles. The summed E-state index contributed by atoms with van der Waals surface area (Å²) in [5.74, 6) is 1.42. The van der Waals surface area contributed by atoms with Crippen LogP contribution in [0.3, 0.4) is 0 Å². The van der Waals surface area contributed by atoms with Crippen LogP contribution in [0.2, 0.25) is 0 Å². The predicted octanol–water partition coefficient (Wildman–Crippen LogP) is 2.71. The van der Waals surface area contributed by atoms with E-state index in [1.165, 1.54) is 12.8 Å². The topological polar surface area (TPSA) is 57.5 Å². The molecule has 1 atom stereocenters. The fourth-order valence-corrected chi connectivity index (χ4v) is 2.74. The molecular weight excluding hydrogens is 278 g/mol. The molecular formula is C17H27N3O2. The van der Waals surface area contributed by atoms with E-state index in [2.05, 4.69) is 21.6 Å². The second kappa shape index (κ2) is 8.63. The second-order valence-electron chi connectivity index (χ2n) is 6.19. The molecule has 2 N–H and O–H groups in total. The van der Waals surface area contributed by atoms with E-state index in [0.717, 1.165) is 31.9 Å². The van der Waals surface area contributed by atoms with Gasteiger partial charge in [-0.2, -0.15) is 0 Å². The van der Waals surface area contributed by atoms with E-state index in [0.29, 0.717) is 5.92 Å². The van der Waals surface area contributed by atoms with Crippen LogP contribution in [0.4, 0.5) is 4.79 Å². The van der Waals surface area contributed by atoms with Crippen LogP contribution in [0.15, 0.2) is 28.9 Å². The number of carbonyl (C=O) groups excluding carboxylic acids is 1. The van der Waals surface area contributed by atoms with Crippen molar-refractivity contribution in [2.45, 2.75) is 32.7 Å². The number of rotatable bonds is 6. The standard InChI is InChI=1S/C17H27N3O2/c1-14(2)19-17(21)18-12-15-6-3-9-20(13-15)10-4-7-16-8-5-11-22-16/h4-5,7-8,11,14-15H,3,6,9-10,12-13H2,1-2H3,(H2,18,19,21). The van der Waals surface area contributed by atoms with Gasteiger partial charge in [0.2, 0.25) is 0 Å². The lowest BCUT2D eigenvalue weighted by Crippen LogP contribution is -2.45. The Kier molecular flexibility index (Phi) is 6.52. The van der Waals surface area contributed by atoms with E-state index in [9.17, 15) is 4.79 Å². The quantitative estimate of drug-likeness (QED) is 0.849. The SMILES string of the molecule is CC(C)NC(=O)NCC1CCCN(CC=Cc2ccco2)C1. The van der Waals surface area contributed by atoms with Gasteiger partial charge in [0.1, 0.15) is 5.76 Å². The lowest BCUT2D eigenvalue weighted by molar-refractivity contribution is 0.186. The molecule has 1 aliphatic rings. The molecule has 0 aliphatic carbocycles. The molecule has 1 unspecified atom stereocenters. The van der Waals surface area contributed by atoms with Crippen molar-refractivity contribution in [3.63, 3.8) is 0 Å². The van der Waals surface area contributed by atoms with Gasteiger partial charge in [-0.05, 0) is 57.4 Å². The van der Waals surface area contributed by atoms with Crippen LogP contribution >= 0.6 is 0 Å². The minimum atomic E-state index is -0.0650. The Balaban J connectivity index is 1.69. The lowest BCUT2D eigenvalue weighted by atomic mass is 9.98. The molecule has 1 aromatic heterocycles. The first-order valence-electron chi connectivity index (χ1n) is 8.10. The van der Waals surface area contributed by atoms with Crippen molar-refractivity contribution in [1.29, 1.82) is 0 Å². The molecule has 2 heterocycles. The van der Waals surface area contributed by atoms with Crippen LogP contribution in [-0.4, -0.2) is 43.2 Å². The highest BCUT2D eigenvalue weighted by atomic mass is 16.3. The van der Waals surface area contributed by atoms with E-state index in [4.69, 9.17) is 4.42 Å². The summed E-state index contributed by atoms with van der Waals surface area (Å²) >= 11 is 0. The first-order valence-corrected chi connectivity index (χ1v) is 8.10. The number of hydrogen-bond donors (Lipinski definition) is 2. The summed E-state index contributed by atoms with van der Waals surface area (Å²) in [7, 11) is 0. The van der Waals surface area contributed by atoms with Gasteiger partial charge >= 0.3 is 6.03 Å². The van der Waals surface area contributed by atoms with Crippen LogP contribution in [0.5, 0.6) is 0 Å². The monoisotopic (exact) mass is 305 g/mol. The summed E-state index contributed by atoms with van der Waals surface area (Å²) in [5.41, 5.74) is 0. The number of likely N-dealkylation sites (tertiary alicyclic amines) is 1. The highest BCUT2D eigenvalue weighted by Gasteiger charge is 2.19. The molecule has 5 heteroatoms. The summed E-state index contributed by atoms with van der Waals surface area (Å²) in [6.45, 7) is 7.76. The largest absolute Gasteiger partial charge is 0.465 e. The molecule has 0 radical (unpaired) electrons. The zero-order valence-electron chi connectivity index (χ0n) is 13.5. The number of carbonyl (C=O) groups is 1. The zero-order chi connectivity index (χ0) is 15.8. The van der Waals surface area contributed by atoms with Crippen molar-refractivity contribution in [1.82, 2.24) is 15.5 Å². The number of nitrogens with one attached hydrogen (secondary N) is 2. The molecule has 0 spiro atoms. The fraction of sp³-hybridized carbons (Fsp3) is 0.588. The Morgan fingerprint density at radius 2 is 2.41 bits per heavy atom. The van der Waals surface area contributed by atoms with Crippen LogP contribution in [0, 0.1) is 5.92 Å². The smallest absolute Gasteiger partial charge is 0.314 e. The minimum absolute atomic E-state index is 0.0650. The highest BCUT2D eigenvalue weighted by molar-refractivity contribution is 5.74. The summed E-state index contributed by atoms with van der Waals surface area (Å²) in [4.78, 5) is 14.0. The summed E-state index contributed by atoms with van der Waals surface area (Å²) in [5, 5.41) is 5.83. The molecule has 1 fully saturated rings. The number of urea groups is 1. The van der Waals surface area contributed by atoms with Gasteiger partial charge in [-0.1, -0.05) is 6.08 Å². The third-order valence-corrected chi connectivity index (χ3v) is 3.76. The third-order valence-electron chi connectivity index (χ3n) is 3.76. The highest BCUT2D eigenvalue weighted by Crippen LogP contribution is 2.15. The van der Waals surface area contributed by atoms with Gasteiger partial charge < -0.3 is 15.1 Å². The van der Waals surface area contributed by atoms with Gasteiger partial charge in [-0.3, -0.25) is 4.90 Å². The number of amides is 2. The number of nitrogens with zero attached hydrogens (tertiary/aromatic N) is 1. The third kappa shape index (κ3) is 5.93. The van der Waals surface area contributed by atoms with E-state index in [1.807, 2.05) is 32.1 Å². The van der Waals surface area contributed by atoms with E-state index in [-0.39, 0.29) is 12.1 Å². The Bertz CT molecular complexity index is 468. The molecule has 2 amide bonds. The van der Waals surface area contributed by atoms with E-state index < -0.39 is 0 Å². The van der Waals surface area contributed by atoms with Crippen LogP contribution in [0.25, 0.3) is 6.08 Å². The average Bonchev–Trinajstić information content (AvgIpc) is 2.98. The van der Waals surface area contributed by atoms with Crippen LogP contribution < -0.4 is 10.6 Å². The van der Waals surface area contributed by atoms with Crippen LogP contribution in [0.1, 0.15) is 32.4 Å². The minimum Gasteiger partial charge on any atom is -0.465 e. The second-order valence-corrected chi connectivity index (χ2v) is 6.19. The summed E-state index contributed by atoms with van der Waals surface area (Å²) in [6, 6.07) is 3.96. The van der Waals surface area contributed by atoms with E-state index in [1.54, 1.807) is 6.26 Å². The average molecular weight is 305 g/mol. The molecule has 22 heavy (non-hydrogen) atoms. The molecule has 0 saturated carbocycles. The number of piperidine rings is 1. The van der Waals surface area contributed by atoms with Gasteiger partial charge in [0.15, 0.2) is 0 Å². The van der Waals surface area contributed by atoms with Crippen molar-refractivity contribution in [2.75, 3.05) is 26.2 Å². The molecule has 0 aromatic carbocycles. The van der Waals surface area contributed by atoms with Crippen molar-refractivity contribution in [2.24, 2.45) is 5.92 Å². The van der Waals surface area contributed by atoms with Gasteiger partial charge in [-0.15, -0.1) is 0 Å². The van der Waals surface area contributed by atoms with Gasteiger partial charge in [0, 0.05) is 25.7 Å². The molecule has 122 valence electrons. The van der Waals surface area contributed by atoms with Gasteiger partial charge in [-0.25, -0.2) is 4.79 Å². The Morgan fingerprint density at radius 1 is 1.55 bits per heavy atom. The number of furan rings is 1. The maximum absolute atomic E-state index is 11.6. The molecule has 2 rings (SSSR count). The maximum atomic E-state index is 11.6. The Labute approximate surface area is 132 Å². The molecule has 1 aromatic rings. The Hall–Kier alpha value is -1.75. The van der Waals surface area contributed by atoms with Crippen molar-refractivity contribution in [3.05, 3.63) is 30.2 Å². The normalized spacial score (nSPS) is 19.7. The maximum Gasteiger partial charge on any atom is 0.314 e. The molecule has 5 nitrogen and oxygen atoms in total.